The molecular formula is C18H20ClF3N2O2. The minimum Gasteiger partial charge on any atom is -0.488 e. The maximum absolute atomic E-state index is 13.8. The Hall–Kier alpha value is -1.99. The van der Waals surface area contributed by atoms with E-state index in [9.17, 15) is 13.2 Å². The first-order valence-corrected chi connectivity index (χ1v) is 8.17. The Kier molecular flexibility index (Phi) is 7.11. The monoisotopic (exact) mass is 388 g/mol. The summed E-state index contributed by atoms with van der Waals surface area (Å²) in [7, 11) is 0. The quantitative estimate of drug-likeness (QED) is 0.771. The second kappa shape index (κ2) is 9.09. The lowest BCUT2D eigenvalue weighted by atomic mass is 10.0. The summed E-state index contributed by atoms with van der Waals surface area (Å²) in [5.74, 6) is -3.92. The van der Waals surface area contributed by atoms with E-state index in [-0.39, 0.29) is 24.0 Å². The summed E-state index contributed by atoms with van der Waals surface area (Å²) in [5.41, 5.74) is 0.582. The smallest absolute Gasteiger partial charge is 0.262 e. The van der Waals surface area contributed by atoms with Crippen LogP contribution >= 0.6 is 12.4 Å². The van der Waals surface area contributed by atoms with Gasteiger partial charge in [0.2, 0.25) is 11.6 Å². The zero-order chi connectivity index (χ0) is 17.8. The van der Waals surface area contributed by atoms with Crippen molar-refractivity contribution >= 4 is 12.4 Å². The molecule has 0 unspecified atom stereocenters. The van der Waals surface area contributed by atoms with Crippen molar-refractivity contribution in [1.29, 1.82) is 0 Å². The number of ether oxygens (including phenoxy) is 2. The van der Waals surface area contributed by atoms with E-state index in [1.807, 2.05) is 0 Å². The average molecular weight is 389 g/mol. The number of benzene rings is 1. The van der Waals surface area contributed by atoms with E-state index in [4.69, 9.17) is 9.47 Å². The minimum absolute atomic E-state index is 0. The van der Waals surface area contributed by atoms with E-state index in [0.29, 0.717) is 24.3 Å². The van der Waals surface area contributed by atoms with Crippen molar-refractivity contribution in [2.24, 2.45) is 5.92 Å². The summed E-state index contributed by atoms with van der Waals surface area (Å²) in [6, 6.07) is 4.84. The molecule has 3 rings (SSSR count). The van der Waals surface area contributed by atoms with Gasteiger partial charge in [-0.3, -0.25) is 0 Å². The van der Waals surface area contributed by atoms with E-state index < -0.39 is 23.2 Å². The molecule has 1 aliphatic heterocycles. The summed E-state index contributed by atoms with van der Waals surface area (Å²) in [5, 5.41) is 3.29. The lowest BCUT2D eigenvalue weighted by Gasteiger charge is -2.23. The van der Waals surface area contributed by atoms with Crippen LogP contribution in [0.4, 0.5) is 13.2 Å². The summed E-state index contributed by atoms with van der Waals surface area (Å²) in [6.07, 6.45) is 2.11. The van der Waals surface area contributed by atoms with E-state index in [1.165, 1.54) is 0 Å². The largest absolute Gasteiger partial charge is 0.488 e. The third kappa shape index (κ3) is 4.80. The number of pyridine rings is 1. The highest BCUT2D eigenvalue weighted by atomic mass is 35.5. The van der Waals surface area contributed by atoms with Crippen LogP contribution < -0.4 is 14.8 Å². The molecule has 0 radical (unpaired) electrons. The van der Waals surface area contributed by atoms with Gasteiger partial charge >= 0.3 is 0 Å². The van der Waals surface area contributed by atoms with Gasteiger partial charge in [-0.1, -0.05) is 0 Å². The Morgan fingerprint density at radius 2 is 1.92 bits per heavy atom. The van der Waals surface area contributed by atoms with E-state index >= 15 is 0 Å². The number of rotatable bonds is 5. The maximum atomic E-state index is 13.8. The Morgan fingerprint density at radius 1 is 1.15 bits per heavy atom. The molecule has 2 aromatic rings. The first kappa shape index (κ1) is 20.3. The van der Waals surface area contributed by atoms with Crippen molar-refractivity contribution in [2.45, 2.75) is 19.8 Å². The predicted octanol–water partition coefficient (Wildman–Crippen LogP) is 4.40. The summed E-state index contributed by atoms with van der Waals surface area (Å²) < 4.78 is 52.0. The predicted molar refractivity (Wildman–Crippen MR) is 93.7 cm³/mol. The first-order chi connectivity index (χ1) is 12.0. The fourth-order valence-corrected chi connectivity index (χ4v) is 2.68. The van der Waals surface area contributed by atoms with Crippen LogP contribution in [-0.4, -0.2) is 24.7 Å². The zero-order valence-corrected chi connectivity index (χ0v) is 15.0. The highest BCUT2D eigenvalue weighted by Gasteiger charge is 2.20. The molecule has 1 aliphatic rings. The summed E-state index contributed by atoms with van der Waals surface area (Å²) in [6.45, 7) is 3.99. The fraction of sp³-hybridized carbons (Fsp3) is 0.389. The van der Waals surface area contributed by atoms with Crippen molar-refractivity contribution in [1.82, 2.24) is 10.3 Å². The maximum Gasteiger partial charge on any atom is 0.262 e. The van der Waals surface area contributed by atoms with Crippen LogP contribution in [0.3, 0.4) is 0 Å². The van der Waals surface area contributed by atoms with Crippen LogP contribution in [0.5, 0.6) is 17.4 Å². The number of hydrogen-bond acceptors (Lipinski definition) is 4. The Bertz CT molecular complexity index is 755. The molecule has 1 aromatic carbocycles. The molecule has 1 N–H and O–H groups in total. The molecule has 1 aromatic heterocycles. The van der Waals surface area contributed by atoms with Crippen molar-refractivity contribution in [3.8, 4) is 17.4 Å². The Balaban J connectivity index is 0.00000243. The van der Waals surface area contributed by atoms with Gasteiger partial charge in [-0.2, -0.15) is 4.39 Å². The number of aryl methyl sites for hydroxylation is 1. The standard InChI is InChI=1S/C18H19F3N2O2.ClH/c1-11-4-7-15(24-10-12-3-2-8-22-9-12)18(23-11)25-17-14(20)6-5-13(19)16(17)21;/h4-7,12,22H,2-3,8-10H2,1H3;1H/t12-;/m0./s1. The number of nitrogens with one attached hydrogen (secondary N) is 1. The van der Waals surface area contributed by atoms with Crippen molar-refractivity contribution in [3.05, 3.63) is 47.4 Å². The molecule has 1 fully saturated rings. The fourth-order valence-electron chi connectivity index (χ4n) is 2.68. The van der Waals surface area contributed by atoms with Gasteiger partial charge in [0.15, 0.2) is 17.4 Å². The third-order valence-corrected chi connectivity index (χ3v) is 4.04. The molecule has 2 heterocycles. The van der Waals surface area contributed by atoms with Crippen molar-refractivity contribution < 1.29 is 22.6 Å². The molecule has 1 saturated heterocycles. The summed E-state index contributed by atoms with van der Waals surface area (Å²) >= 11 is 0. The second-order valence-electron chi connectivity index (χ2n) is 6.05. The van der Waals surface area contributed by atoms with Gasteiger partial charge in [0.05, 0.1) is 6.61 Å². The van der Waals surface area contributed by atoms with Crippen LogP contribution in [0.25, 0.3) is 0 Å². The van der Waals surface area contributed by atoms with Crippen LogP contribution in [-0.2, 0) is 0 Å². The molecule has 0 aliphatic carbocycles. The third-order valence-electron chi connectivity index (χ3n) is 4.04. The highest BCUT2D eigenvalue weighted by molar-refractivity contribution is 5.85. The minimum atomic E-state index is -1.40. The van der Waals surface area contributed by atoms with Gasteiger partial charge in [0.25, 0.3) is 5.88 Å². The van der Waals surface area contributed by atoms with Gasteiger partial charge in [-0.25, -0.2) is 13.8 Å². The zero-order valence-electron chi connectivity index (χ0n) is 14.2. The normalized spacial score (nSPS) is 16.7. The molecule has 0 bridgehead atoms. The Morgan fingerprint density at radius 3 is 2.65 bits per heavy atom. The SMILES string of the molecule is Cc1ccc(OC[C@H]2CCCNC2)c(Oc2c(F)ccc(F)c2F)n1.Cl. The second-order valence-corrected chi connectivity index (χ2v) is 6.05. The van der Waals surface area contributed by atoms with Gasteiger partial charge in [-0.05, 0) is 50.6 Å². The number of aromatic nitrogens is 1. The van der Waals surface area contributed by atoms with Crippen LogP contribution in [0.1, 0.15) is 18.5 Å². The average Bonchev–Trinajstić information content (AvgIpc) is 2.62. The van der Waals surface area contributed by atoms with E-state index in [0.717, 1.165) is 32.0 Å². The topological polar surface area (TPSA) is 43.4 Å². The number of piperidine rings is 1. The van der Waals surface area contributed by atoms with Crippen LogP contribution in [0.15, 0.2) is 24.3 Å². The van der Waals surface area contributed by atoms with Gasteiger partial charge in [0, 0.05) is 18.2 Å². The molecule has 0 spiro atoms. The molecular weight excluding hydrogens is 369 g/mol. The van der Waals surface area contributed by atoms with Crippen molar-refractivity contribution in [2.75, 3.05) is 19.7 Å². The van der Waals surface area contributed by atoms with E-state index in [1.54, 1.807) is 19.1 Å². The molecule has 0 saturated carbocycles. The van der Waals surface area contributed by atoms with Gasteiger partial charge in [-0.15, -0.1) is 12.4 Å². The Labute approximate surface area is 156 Å². The molecule has 1 atom stereocenters. The van der Waals surface area contributed by atoms with Crippen LogP contribution in [0.2, 0.25) is 0 Å². The summed E-state index contributed by atoms with van der Waals surface area (Å²) in [4.78, 5) is 4.13. The molecule has 0 amide bonds. The van der Waals surface area contributed by atoms with Gasteiger partial charge in [0.1, 0.15) is 0 Å². The number of halogens is 4. The molecule has 142 valence electrons. The van der Waals surface area contributed by atoms with Crippen LogP contribution in [0, 0.1) is 30.3 Å². The molecule has 26 heavy (non-hydrogen) atoms. The van der Waals surface area contributed by atoms with Crippen molar-refractivity contribution in [3.63, 3.8) is 0 Å². The van der Waals surface area contributed by atoms with Gasteiger partial charge < -0.3 is 14.8 Å². The molecule has 4 nitrogen and oxygen atoms in total. The lowest BCUT2D eigenvalue weighted by molar-refractivity contribution is 0.210. The van der Waals surface area contributed by atoms with E-state index in [2.05, 4.69) is 10.3 Å². The number of nitrogens with zero attached hydrogens (tertiary/aromatic N) is 1. The highest BCUT2D eigenvalue weighted by Crippen LogP contribution is 2.34. The first-order valence-electron chi connectivity index (χ1n) is 8.17. The molecule has 8 heteroatoms. The number of hydrogen-bond donors (Lipinski definition) is 1. The lowest BCUT2D eigenvalue weighted by Crippen LogP contribution is -2.33.